The molecule has 3 nitrogen and oxygen atoms in total. The van der Waals surface area contributed by atoms with Gasteiger partial charge in [0, 0.05) is 6.92 Å². The minimum absolute atomic E-state index is 0.0702. The van der Waals surface area contributed by atoms with E-state index in [1.165, 1.54) is 6.92 Å². The van der Waals surface area contributed by atoms with Crippen molar-refractivity contribution in [2.45, 2.75) is 13.1 Å². The molecule has 0 amide bonds. The monoisotopic (exact) mass is 181 g/mol. The lowest BCUT2D eigenvalue weighted by Gasteiger charge is -2.02. The van der Waals surface area contributed by atoms with Crippen LogP contribution in [0.3, 0.4) is 0 Å². The van der Waals surface area contributed by atoms with E-state index < -0.39 is 17.8 Å². The van der Waals surface area contributed by atoms with E-state index in [1.54, 1.807) is 0 Å². The van der Waals surface area contributed by atoms with Gasteiger partial charge >= 0.3 is 6.18 Å². The molecule has 0 aromatic carbocycles. The molecule has 0 aliphatic carbocycles. The first-order valence-electron chi connectivity index (χ1n) is 3.03. The molecule has 0 N–H and O–H groups in total. The van der Waals surface area contributed by atoms with Crippen molar-refractivity contribution < 1.29 is 22.3 Å². The molecule has 0 saturated heterocycles. The number of alkyl halides is 3. The van der Waals surface area contributed by atoms with Crippen molar-refractivity contribution in [3.8, 4) is 5.88 Å². The molecule has 68 valence electrons. The van der Waals surface area contributed by atoms with Crippen LogP contribution >= 0.6 is 0 Å². The van der Waals surface area contributed by atoms with Crippen molar-refractivity contribution in [3.05, 3.63) is 11.7 Å². The Morgan fingerprint density at radius 3 is 2.33 bits per heavy atom. The van der Waals surface area contributed by atoms with Crippen LogP contribution in [0.2, 0.25) is 0 Å². The molecule has 0 bridgehead atoms. The summed E-state index contributed by atoms with van der Waals surface area (Å²) >= 11 is 0. The molecule has 0 fully saturated rings. The van der Waals surface area contributed by atoms with Gasteiger partial charge in [0.1, 0.15) is 0 Å². The zero-order chi connectivity index (χ0) is 9.35. The molecule has 0 saturated carbocycles. The lowest BCUT2D eigenvalue weighted by Crippen LogP contribution is -2.05. The van der Waals surface area contributed by atoms with Crippen molar-refractivity contribution in [2.75, 3.05) is 7.11 Å². The van der Waals surface area contributed by atoms with Crippen LogP contribution in [-0.2, 0) is 6.18 Å². The third-order valence-corrected chi connectivity index (χ3v) is 1.15. The lowest BCUT2D eigenvalue weighted by molar-refractivity contribution is -0.154. The lowest BCUT2D eigenvalue weighted by atomic mass is 10.5. The zero-order valence-corrected chi connectivity index (χ0v) is 6.40. The number of methoxy groups -OCH3 is 1. The average molecular weight is 181 g/mol. The summed E-state index contributed by atoms with van der Waals surface area (Å²) in [5.41, 5.74) is 0. The fourth-order valence-electron chi connectivity index (χ4n) is 0.725. The van der Waals surface area contributed by atoms with Gasteiger partial charge in [0.25, 0.3) is 11.6 Å². The fourth-order valence-corrected chi connectivity index (χ4v) is 0.725. The number of hydrogen-bond donors (Lipinski definition) is 0. The quantitative estimate of drug-likeness (QED) is 0.664. The van der Waals surface area contributed by atoms with Crippen molar-refractivity contribution in [3.63, 3.8) is 0 Å². The largest absolute Gasteiger partial charge is 0.478 e. The second-order valence-electron chi connectivity index (χ2n) is 2.07. The van der Waals surface area contributed by atoms with Crippen LogP contribution in [-0.4, -0.2) is 12.1 Å². The Morgan fingerprint density at radius 2 is 2.00 bits per heavy atom. The summed E-state index contributed by atoms with van der Waals surface area (Å²) in [4.78, 5) is 3.39. The van der Waals surface area contributed by atoms with Gasteiger partial charge in [-0.1, -0.05) is 0 Å². The topological polar surface area (TPSA) is 35.3 Å². The predicted octanol–water partition coefficient (Wildman–Crippen LogP) is 2.01. The highest BCUT2D eigenvalue weighted by Gasteiger charge is 2.40. The predicted molar refractivity (Wildman–Crippen MR) is 32.8 cm³/mol. The molecule has 1 rings (SSSR count). The summed E-state index contributed by atoms with van der Waals surface area (Å²) in [7, 11) is 1.10. The number of hydrogen-bond acceptors (Lipinski definition) is 3. The maximum atomic E-state index is 12.0. The van der Waals surface area contributed by atoms with Crippen LogP contribution in [0.15, 0.2) is 4.42 Å². The minimum atomic E-state index is -4.55. The van der Waals surface area contributed by atoms with Gasteiger partial charge in [0.2, 0.25) is 0 Å². The molecular formula is C6H6F3NO2. The average Bonchev–Trinajstić information content (AvgIpc) is 2.29. The second kappa shape index (κ2) is 2.69. The van der Waals surface area contributed by atoms with Crippen LogP contribution in [0.1, 0.15) is 11.7 Å². The Bertz CT molecular complexity index is 279. The Hall–Kier alpha value is -1.20. The highest BCUT2D eigenvalue weighted by molar-refractivity contribution is 5.19. The summed E-state index contributed by atoms with van der Waals surface area (Å²) < 4.78 is 44.8. The van der Waals surface area contributed by atoms with Crippen molar-refractivity contribution in [2.24, 2.45) is 0 Å². The summed E-state index contributed by atoms with van der Waals surface area (Å²) in [5, 5.41) is 0. The van der Waals surface area contributed by atoms with Gasteiger partial charge in [-0.3, -0.25) is 0 Å². The molecule has 0 unspecified atom stereocenters. The molecule has 0 spiro atoms. The minimum Gasteiger partial charge on any atom is -0.478 e. The summed E-state index contributed by atoms with van der Waals surface area (Å²) in [6, 6.07) is 0. The number of halogens is 3. The van der Waals surface area contributed by atoms with E-state index in [1.807, 2.05) is 0 Å². The van der Waals surface area contributed by atoms with Crippen LogP contribution in [0.25, 0.3) is 0 Å². The highest BCUT2D eigenvalue weighted by Crippen LogP contribution is 2.36. The van der Waals surface area contributed by atoms with E-state index in [0.717, 1.165) is 7.11 Å². The third-order valence-electron chi connectivity index (χ3n) is 1.15. The van der Waals surface area contributed by atoms with E-state index in [-0.39, 0.29) is 5.89 Å². The highest BCUT2D eigenvalue weighted by atomic mass is 19.4. The molecule has 0 atom stereocenters. The number of nitrogens with zero attached hydrogens (tertiary/aromatic N) is 1. The number of aromatic nitrogens is 1. The molecule has 1 heterocycles. The first-order chi connectivity index (χ1) is 5.45. The number of aryl methyl sites for hydroxylation is 1. The second-order valence-corrected chi connectivity index (χ2v) is 2.07. The van der Waals surface area contributed by atoms with Gasteiger partial charge in [-0.15, -0.1) is 0 Å². The zero-order valence-electron chi connectivity index (χ0n) is 6.40. The Balaban J connectivity index is 3.13. The fraction of sp³-hybridized carbons (Fsp3) is 0.500. The van der Waals surface area contributed by atoms with Crippen LogP contribution < -0.4 is 4.74 Å². The van der Waals surface area contributed by atoms with Crippen molar-refractivity contribution >= 4 is 0 Å². The molecule has 1 aromatic heterocycles. The van der Waals surface area contributed by atoms with Gasteiger partial charge in [-0.05, 0) is 0 Å². The van der Waals surface area contributed by atoms with Crippen molar-refractivity contribution in [1.29, 1.82) is 0 Å². The summed E-state index contributed by atoms with van der Waals surface area (Å²) in [6.07, 6.45) is -4.55. The summed E-state index contributed by atoms with van der Waals surface area (Å²) in [5.74, 6) is -1.79. The first-order valence-corrected chi connectivity index (χ1v) is 3.03. The maximum Gasteiger partial charge on any atom is 0.455 e. The standard InChI is InChI=1S/C6H6F3NO2/c1-3-10-5(11-2)4(12-3)6(7,8)9/h1-2H3. The molecule has 12 heavy (non-hydrogen) atoms. The van der Waals surface area contributed by atoms with E-state index in [9.17, 15) is 13.2 Å². The van der Waals surface area contributed by atoms with Gasteiger partial charge in [0.15, 0.2) is 5.89 Å². The SMILES string of the molecule is COc1nc(C)oc1C(F)(F)F. The maximum absolute atomic E-state index is 12.0. The number of ether oxygens (including phenoxy) is 1. The number of rotatable bonds is 1. The molecule has 0 aliphatic heterocycles. The van der Waals surface area contributed by atoms with Crippen LogP contribution in [0.4, 0.5) is 13.2 Å². The molecule has 0 radical (unpaired) electrons. The van der Waals surface area contributed by atoms with Crippen molar-refractivity contribution in [1.82, 2.24) is 4.98 Å². The molecule has 6 heteroatoms. The van der Waals surface area contributed by atoms with E-state index >= 15 is 0 Å². The van der Waals surface area contributed by atoms with E-state index in [0.29, 0.717) is 0 Å². The Labute approximate surface area is 66.2 Å². The van der Waals surface area contributed by atoms with Gasteiger partial charge in [-0.2, -0.15) is 18.2 Å². The molecule has 0 aliphatic rings. The van der Waals surface area contributed by atoms with Gasteiger partial charge < -0.3 is 9.15 Å². The van der Waals surface area contributed by atoms with Gasteiger partial charge in [-0.25, -0.2) is 0 Å². The molecular weight excluding hydrogens is 175 g/mol. The number of oxazole rings is 1. The smallest absolute Gasteiger partial charge is 0.455 e. The van der Waals surface area contributed by atoms with E-state index in [2.05, 4.69) is 14.1 Å². The Kier molecular flexibility index (Phi) is 1.99. The Morgan fingerprint density at radius 1 is 1.42 bits per heavy atom. The molecule has 1 aromatic rings. The first kappa shape index (κ1) is 8.89. The summed E-state index contributed by atoms with van der Waals surface area (Å²) in [6.45, 7) is 1.32. The van der Waals surface area contributed by atoms with Crippen LogP contribution in [0, 0.1) is 6.92 Å². The van der Waals surface area contributed by atoms with E-state index in [4.69, 9.17) is 0 Å². The van der Waals surface area contributed by atoms with Gasteiger partial charge in [0.05, 0.1) is 7.11 Å². The third kappa shape index (κ3) is 1.51. The van der Waals surface area contributed by atoms with Crippen LogP contribution in [0.5, 0.6) is 5.88 Å². The normalized spacial score (nSPS) is 11.8.